The molecule has 1 aliphatic rings. The zero-order valence-electron chi connectivity index (χ0n) is 8.91. The standard InChI is InChI=1S/C10H13N3O3/c1-16-10(15)8-4-7(14)6-13(8)9-5-11-2-3-12-9/h2-3,5,7-8,14H,4,6H2,1H3. The van der Waals surface area contributed by atoms with E-state index >= 15 is 0 Å². The number of hydrogen-bond donors (Lipinski definition) is 1. The summed E-state index contributed by atoms with van der Waals surface area (Å²) in [5.74, 6) is 0.219. The maximum atomic E-state index is 11.5. The first-order valence-corrected chi connectivity index (χ1v) is 5.01. The van der Waals surface area contributed by atoms with Gasteiger partial charge in [0.2, 0.25) is 0 Å². The maximum Gasteiger partial charge on any atom is 0.328 e. The predicted molar refractivity (Wildman–Crippen MR) is 55.8 cm³/mol. The highest BCUT2D eigenvalue weighted by Gasteiger charge is 2.37. The number of aliphatic hydroxyl groups excluding tert-OH is 1. The second-order valence-corrected chi connectivity index (χ2v) is 3.64. The van der Waals surface area contributed by atoms with E-state index in [4.69, 9.17) is 4.74 Å². The molecule has 86 valence electrons. The van der Waals surface area contributed by atoms with Gasteiger partial charge in [-0.05, 0) is 0 Å². The Hall–Kier alpha value is -1.69. The summed E-state index contributed by atoms with van der Waals surface area (Å²) in [6.07, 6.45) is 4.50. The molecule has 1 fully saturated rings. The molecule has 1 saturated heterocycles. The average Bonchev–Trinajstić information content (AvgIpc) is 2.71. The van der Waals surface area contributed by atoms with E-state index in [0.29, 0.717) is 18.8 Å². The number of aromatic nitrogens is 2. The van der Waals surface area contributed by atoms with Crippen LogP contribution in [-0.2, 0) is 9.53 Å². The molecule has 6 nitrogen and oxygen atoms in total. The van der Waals surface area contributed by atoms with Crippen LogP contribution in [0.4, 0.5) is 5.82 Å². The third-order valence-electron chi connectivity index (χ3n) is 2.60. The Bertz CT molecular complexity index is 371. The highest BCUT2D eigenvalue weighted by Crippen LogP contribution is 2.23. The Morgan fingerprint density at radius 2 is 2.44 bits per heavy atom. The number of carbonyl (C=O) groups excluding carboxylic acids is 1. The lowest BCUT2D eigenvalue weighted by Gasteiger charge is -2.22. The van der Waals surface area contributed by atoms with Crippen molar-refractivity contribution in [2.45, 2.75) is 18.6 Å². The van der Waals surface area contributed by atoms with Gasteiger partial charge in [0.25, 0.3) is 0 Å². The highest BCUT2D eigenvalue weighted by atomic mass is 16.5. The van der Waals surface area contributed by atoms with Gasteiger partial charge in [-0.25, -0.2) is 9.78 Å². The van der Waals surface area contributed by atoms with Crippen LogP contribution in [0.3, 0.4) is 0 Å². The molecule has 0 aromatic carbocycles. The topological polar surface area (TPSA) is 75.6 Å². The predicted octanol–water partition coefficient (Wildman–Crippen LogP) is -0.411. The number of anilines is 1. The van der Waals surface area contributed by atoms with Crippen LogP contribution < -0.4 is 4.90 Å². The van der Waals surface area contributed by atoms with Crippen LogP contribution in [0.15, 0.2) is 18.6 Å². The number of hydrogen-bond acceptors (Lipinski definition) is 6. The summed E-state index contributed by atoms with van der Waals surface area (Å²) in [4.78, 5) is 21.3. The number of nitrogens with zero attached hydrogens (tertiary/aromatic N) is 3. The van der Waals surface area contributed by atoms with Gasteiger partial charge in [-0.15, -0.1) is 0 Å². The molecule has 2 rings (SSSR count). The zero-order chi connectivity index (χ0) is 11.5. The van der Waals surface area contributed by atoms with Gasteiger partial charge < -0.3 is 14.7 Å². The fourth-order valence-electron chi connectivity index (χ4n) is 1.87. The SMILES string of the molecule is COC(=O)C1CC(O)CN1c1cnccn1. The van der Waals surface area contributed by atoms with E-state index in [-0.39, 0.29) is 5.97 Å². The van der Waals surface area contributed by atoms with Crippen molar-refractivity contribution in [2.75, 3.05) is 18.6 Å². The highest BCUT2D eigenvalue weighted by molar-refractivity contribution is 5.80. The molecule has 2 atom stereocenters. The number of esters is 1. The van der Waals surface area contributed by atoms with Gasteiger partial charge in [0.1, 0.15) is 11.9 Å². The van der Waals surface area contributed by atoms with Crippen LogP contribution >= 0.6 is 0 Å². The van der Waals surface area contributed by atoms with E-state index in [0.717, 1.165) is 0 Å². The molecule has 1 aliphatic heterocycles. The Balaban J connectivity index is 2.22. The minimum absolute atomic E-state index is 0.359. The van der Waals surface area contributed by atoms with Crippen molar-refractivity contribution in [3.05, 3.63) is 18.6 Å². The summed E-state index contributed by atoms with van der Waals surface area (Å²) < 4.78 is 4.69. The molecule has 0 spiro atoms. The van der Waals surface area contributed by atoms with E-state index in [1.807, 2.05) is 0 Å². The summed E-state index contributed by atoms with van der Waals surface area (Å²) in [5.41, 5.74) is 0. The average molecular weight is 223 g/mol. The Kier molecular flexibility index (Phi) is 3.00. The van der Waals surface area contributed by atoms with E-state index < -0.39 is 12.1 Å². The Morgan fingerprint density at radius 3 is 3.06 bits per heavy atom. The van der Waals surface area contributed by atoms with Crippen LogP contribution in [-0.4, -0.2) is 46.8 Å². The number of β-amino-alcohol motifs (C(OH)–C–C–N with tert-alkyl or cyclic N) is 1. The third kappa shape index (κ3) is 1.96. The molecule has 0 saturated carbocycles. The van der Waals surface area contributed by atoms with Crippen molar-refractivity contribution >= 4 is 11.8 Å². The maximum absolute atomic E-state index is 11.5. The lowest BCUT2D eigenvalue weighted by Crippen LogP contribution is -2.37. The second kappa shape index (κ2) is 4.44. The molecule has 6 heteroatoms. The van der Waals surface area contributed by atoms with Gasteiger partial charge in [0, 0.05) is 25.4 Å². The Morgan fingerprint density at radius 1 is 1.62 bits per heavy atom. The van der Waals surface area contributed by atoms with E-state index in [1.165, 1.54) is 7.11 Å². The summed E-state index contributed by atoms with van der Waals surface area (Å²) in [6.45, 7) is 0.373. The first kappa shape index (κ1) is 10.8. The van der Waals surface area contributed by atoms with Gasteiger partial charge in [0.05, 0.1) is 19.4 Å². The zero-order valence-corrected chi connectivity index (χ0v) is 8.91. The quantitative estimate of drug-likeness (QED) is 0.687. The van der Waals surface area contributed by atoms with Crippen molar-refractivity contribution in [1.29, 1.82) is 0 Å². The fourth-order valence-corrected chi connectivity index (χ4v) is 1.87. The van der Waals surface area contributed by atoms with Gasteiger partial charge in [-0.3, -0.25) is 4.98 Å². The normalized spacial score (nSPS) is 24.5. The van der Waals surface area contributed by atoms with E-state index in [2.05, 4.69) is 9.97 Å². The smallest absolute Gasteiger partial charge is 0.328 e. The monoisotopic (exact) mass is 223 g/mol. The number of aliphatic hydroxyl groups is 1. The van der Waals surface area contributed by atoms with Gasteiger partial charge in [-0.1, -0.05) is 0 Å². The van der Waals surface area contributed by atoms with Crippen LogP contribution in [0.1, 0.15) is 6.42 Å². The number of ether oxygens (including phenoxy) is 1. The largest absolute Gasteiger partial charge is 0.467 e. The summed E-state index contributed by atoms with van der Waals surface area (Å²) >= 11 is 0. The van der Waals surface area contributed by atoms with Gasteiger partial charge in [-0.2, -0.15) is 0 Å². The minimum atomic E-state index is -0.536. The summed E-state index contributed by atoms with van der Waals surface area (Å²) in [5, 5.41) is 9.58. The lowest BCUT2D eigenvalue weighted by molar-refractivity contribution is -0.142. The van der Waals surface area contributed by atoms with E-state index in [1.54, 1.807) is 23.5 Å². The van der Waals surface area contributed by atoms with Crippen LogP contribution in [0, 0.1) is 0 Å². The Labute approximate surface area is 92.9 Å². The van der Waals surface area contributed by atoms with Crippen LogP contribution in [0.2, 0.25) is 0 Å². The molecule has 1 N–H and O–H groups in total. The molecule has 2 heterocycles. The number of rotatable bonds is 2. The number of carbonyl (C=O) groups is 1. The molecule has 1 aromatic rings. The van der Waals surface area contributed by atoms with Gasteiger partial charge in [0.15, 0.2) is 0 Å². The molecule has 0 radical (unpaired) electrons. The first-order chi connectivity index (χ1) is 7.72. The first-order valence-electron chi connectivity index (χ1n) is 5.01. The van der Waals surface area contributed by atoms with Crippen LogP contribution in [0.5, 0.6) is 0 Å². The number of methoxy groups -OCH3 is 1. The fraction of sp³-hybridized carbons (Fsp3) is 0.500. The van der Waals surface area contributed by atoms with Crippen molar-refractivity contribution in [2.24, 2.45) is 0 Å². The molecule has 2 unspecified atom stereocenters. The lowest BCUT2D eigenvalue weighted by atomic mass is 10.2. The van der Waals surface area contributed by atoms with Crippen molar-refractivity contribution in [3.63, 3.8) is 0 Å². The molecule has 0 bridgehead atoms. The van der Waals surface area contributed by atoms with Crippen molar-refractivity contribution < 1.29 is 14.6 Å². The molecule has 0 aliphatic carbocycles. The summed E-state index contributed by atoms with van der Waals surface area (Å²) in [6, 6.07) is -0.475. The van der Waals surface area contributed by atoms with Gasteiger partial charge >= 0.3 is 5.97 Å². The molecule has 1 aromatic heterocycles. The van der Waals surface area contributed by atoms with E-state index in [9.17, 15) is 9.90 Å². The van der Waals surface area contributed by atoms with Crippen molar-refractivity contribution in [1.82, 2.24) is 9.97 Å². The molecule has 0 amide bonds. The van der Waals surface area contributed by atoms with Crippen LogP contribution in [0.25, 0.3) is 0 Å². The third-order valence-corrected chi connectivity index (χ3v) is 2.60. The summed E-state index contributed by atoms with van der Waals surface area (Å²) in [7, 11) is 1.34. The molecular weight excluding hydrogens is 210 g/mol. The van der Waals surface area contributed by atoms with Crippen molar-refractivity contribution in [3.8, 4) is 0 Å². The molecular formula is C10H13N3O3. The second-order valence-electron chi connectivity index (χ2n) is 3.64. The molecule has 16 heavy (non-hydrogen) atoms. The minimum Gasteiger partial charge on any atom is -0.467 e.